The monoisotopic (exact) mass is 960 g/mol. The average Bonchev–Trinajstić information content (AvgIpc) is 3.93. The molecule has 362 valence electrons. The summed E-state index contributed by atoms with van der Waals surface area (Å²) in [6.07, 6.45) is 2.47. The van der Waals surface area contributed by atoms with Crippen molar-refractivity contribution in [3.05, 3.63) is 87.4 Å². The van der Waals surface area contributed by atoms with Gasteiger partial charge in [0.2, 0.25) is 23.6 Å². The Morgan fingerprint density at radius 1 is 1.00 bits per heavy atom. The highest BCUT2D eigenvalue weighted by Gasteiger charge is 2.70. The molecule has 3 saturated heterocycles. The van der Waals surface area contributed by atoms with Gasteiger partial charge in [-0.15, -0.1) is 0 Å². The molecule has 3 saturated carbocycles. The molecule has 18 heteroatoms. The maximum absolute atomic E-state index is 16.6. The Labute approximate surface area is 397 Å². The molecule has 68 heavy (non-hydrogen) atoms. The number of carbonyl (C=O) groups is 5. The zero-order valence-electron chi connectivity index (χ0n) is 38.4. The first-order valence-electron chi connectivity index (χ1n) is 23.8. The summed E-state index contributed by atoms with van der Waals surface area (Å²) in [6, 6.07) is 8.85. The van der Waals surface area contributed by atoms with E-state index in [1.165, 1.54) is 17.2 Å². The molecule has 3 aliphatic carbocycles. The van der Waals surface area contributed by atoms with E-state index < -0.39 is 69.9 Å². The molecule has 1 spiro atoms. The van der Waals surface area contributed by atoms with Gasteiger partial charge in [-0.05, 0) is 111 Å². The maximum atomic E-state index is 16.6. The second kappa shape index (κ2) is 16.4. The van der Waals surface area contributed by atoms with Gasteiger partial charge >= 0.3 is 6.18 Å². The molecule has 1 aromatic heterocycles. The van der Waals surface area contributed by atoms with Crippen molar-refractivity contribution in [1.29, 1.82) is 0 Å². The summed E-state index contributed by atoms with van der Waals surface area (Å²) in [5.74, 6) is -3.26. The maximum Gasteiger partial charge on any atom is 0.433 e. The van der Waals surface area contributed by atoms with Crippen molar-refractivity contribution in [2.45, 2.75) is 145 Å². The number of nitrogens with one attached hydrogen (secondary N) is 3. The van der Waals surface area contributed by atoms with Gasteiger partial charge in [-0.1, -0.05) is 44.5 Å². The number of carbonyl (C=O) groups excluding carboxylic acids is 5. The number of hydrogen-bond acceptors (Lipinski definition) is 9. The minimum atomic E-state index is -4.71. The Balaban J connectivity index is 0.913. The van der Waals surface area contributed by atoms with E-state index in [0.29, 0.717) is 69.2 Å². The van der Waals surface area contributed by atoms with Crippen molar-refractivity contribution < 1.29 is 41.5 Å². The molecule has 0 radical (unpaired) electrons. The van der Waals surface area contributed by atoms with Gasteiger partial charge in [0, 0.05) is 95.7 Å². The molecule has 8 aliphatic rings. The van der Waals surface area contributed by atoms with Gasteiger partial charge in [-0.2, -0.15) is 13.2 Å². The van der Waals surface area contributed by atoms with Crippen molar-refractivity contribution in [2.24, 2.45) is 16.6 Å². The quantitative estimate of drug-likeness (QED) is 0.134. The number of pyridine rings is 1. The molecule has 6 heterocycles. The van der Waals surface area contributed by atoms with Crippen molar-refractivity contribution in [1.82, 2.24) is 25.0 Å². The smallest absolute Gasteiger partial charge is 0.384 e. The van der Waals surface area contributed by atoms with Crippen LogP contribution >= 0.6 is 11.6 Å². The van der Waals surface area contributed by atoms with Crippen LogP contribution in [0.15, 0.2) is 48.7 Å². The molecule has 5 N–H and O–H groups in total. The molecular weight excluding hydrogens is 904 g/mol. The summed E-state index contributed by atoms with van der Waals surface area (Å²) in [6.45, 7) is 7.69. The van der Waals surface area contributed by atoms with Gasteiger partial charge in [-0.3, -0.25) is 39.2 Å². The predicted molar refractivity (Wildman–Crippen MR) is 245 cm³/mol. The highest BCUT2D eigenvalue weighted by atomic mass is 35.5. The molecule has 5 aliphatic heterocycles. The van der Waals surface area contributed by atoms with Gasteiger partial charge in [0.1, 0.15) is 17.6 Å². The minimum absolute atomic E-state index is 0.0551. The van der Waals surface area contributed by atoms with Crippen LogP contribution in [-0.2, 0) is 37.3 Å². The van der Waals surface area contributed by atoms with Gasteiger partial charge in [0.05, 0.1) is 11.1 Å². The molecule has 11 rings (SSSR count). The third kappa shape index (κ3) is 7.52. The Kier molecular flexibility index (Phi) is 11.2. The fourth-order valence-corrected chi connectivity index (χ4v) is 13.7. The zero-order chi connectivity index (χ0) is 48.3. The van der Waals surface area contributed by atoms with Crippen LogP contribution in [0.25, 0.3) is 0 Å². The summed E-state index contributed by atoms with van der Waals surface area (Å²) in [7, 11) is 0. The second-order valence-electron chi connectivity index (χ2n) is 21.7. The van der Waals surface area contributed by atoms with Crippen molar-refractivity contribution in [3.8, 4) is 0 Å². The molecule has 13 nitrogen and oxygen atoms in total. The van der Waals surface area contributed by atoms with E-state index in [1.54, 1.807) is 18.2 Å². The molecule has 1 unspecified atom stereocenters. The first-order chi connectivity index (χ1) is 32.1. The largest absolute Gasteiger partial charge is 0.433 e. The Morgan fingerprint density at radius 3 is 2.41 bits per heavy atom. The SMILES string of the molecule is CC(C)(C)C[C@@H]1N(C23CCC(C(=O)N4CCC[C@H](Nc5ccc6c(c5)CN(C5CCC(=O)NC5=O)C6=O)C4)(CC2)CC3)[C@@H](C(N)=O)[C@H](c2cccc(Cl)c2F)[C@]12CNc1cc(C(F)(F)F)ncc12. The van der Waals surface area contributed by atoms with Crippen LogP contribution in [-0.4, -0.2) is 98.6 Å². The number of nitrogens with zero attached hydrogens (tertiary/aromatic N) is 4. The van der Waals surface area contributed by atoms with Crippen molar-refractivity contribution in [2.75, 3.05) is 30.3 Å². The third-order valence-corrected chi connectivity index (χ3v) is 16.9. The number of alkyl halides is 3. The fraction of sp³-hybridized carbons (Fsp3) is 0.560. The van der Waals surface area contributed by atoms with Crippen molar-refractivity contribution >= 4 is 52.5 Å². The summed E-state index contributed by atoms with van der Waals surface area (Å²) < 4.78 is 58.9. The molecule has 6 atom stereocenters. The summed E-state index contributed by atoms with van der Waals surface area (Å²) in [5, 5.41) is 9.07. The topological polar surface area (TPSA) is 170 Å². The lowest BCUT2D eigenvalue weighted by Gasteiger charge is -2.60. The number of nitrogens with two attached hydrogens (primary N) is 1. The van der Waals surface area contributed by atoms with Crippen molar-refractivity contribution in [3.63, 3.8) is 0 Å². The van der Waals surface area contributed by atoms with E-state index in [2.05, 4.69) is 46.6 Å². The van der Waals surface area contributed by atoms with Crippen LogP contribution in [0.5, 0.6) is 0 Å². The molecule has 2 aromatic carbocycles. The first kappa shape index (κ1) is 46.4. The number of primary amides is 1. The minimum Gasteiger partial charge on any atom is -0.384 e. The van der Waals surface area contributed by atoms with Gasteiger partial charge in [0.15, 0.2) is 0 Å². The summed E-state index contributed by atoms with van der Waals surface area (Å²) in [5.41, 5.74) is 5.65. The summed E-state index contributed by atoms with van der Waals surface area (Å²) >= 11 is 6.47. The number of likely N-dealkylation sites (tertiary alicyclic amines) is 2. The lowest BCUT2D eigenvalue weighted by molar-refractivity contribution is -0.159. The number of piperidine rings is 2. The van der Waals surface area contributed by atoms with Crippen LogP contribution in [0.2, 0.25) is 5.02 Å². The third-order valence-electron chi connectivity index (χ3n) is 16.6. The lowest BCUT2D eigenvalue weighted by Crippen LogP contribution is -2.66. The number of rotatable bonds is 8. The fourth-order valence-electron chi connectivity index (χ4n) is 13.5. The Bertz CT molecular complexity index is 2600. The zero-order valence-corrected chi connectivity index (χ0v) is 39.2. The van der Waals surface area contributed by atoms with Crippen LogP contribution in [0.1, 0.15) is 130 Å². The van der Waals surface area contributed by atoms with E-state index >= 15 is 4.39 Å². The number of halogens is 5. The van der Waals surface area contributed by atoms with Crippen LogP contribution in [0.4, 0.5) is 28.9 Å². The normalized spacial score (nSPS) is 31.5. The van der Waals surface area contributed by atoms with E-state index in [9.17, 15) is 37.1 Å². The number of anilines is 2. The standard InChI is InChI=1S/C50H57ClF4N8O5/c1-46(2,3)22-37-49(26-58-34-21-36(50(53,54)55)57-23-32(34)49)39(31-7-4-8-33(51)40(31)52)41(42(56)65)63(37)48-16-13-47(14-17-48,15-18-48)45(68)61-19-5-6-29(25-61)59-28-9-10-30-27(20-28)24-62(44(30)67)35-11-12-38(64)60-43(35)66/h4,7-10,20-21,23,29,35,37,39,41,58-59H,5-6,11-19,22,24-26H2,1-3H3,(H2,56,65)(H,60,64,66)/t29-,35?,37-,39-,41+,47?,48?,49-/m0/s1. The lowest BCUT2D eigenvalue weighted by atomic mass is 9.55. The number of aromatic nitrogens is 1. The molecule has 5 amide bonds. The predicted octanol–water partition coefficient (Wildman–Crippen LogP) is 7.27. The van der Waals surface area contributed by atoms with E-state index in [1.807, 2.05) is 17.0 Å². The number of fused-ring (bicyclic) bond motifs is 6. The molecule has 3 aromatic rings. The number of hydrogen-bond donors (Lipinski definition) is 4. The molecule has 2 bridgehead atoms. The van der Waals surface area contributed by atoms with Crippen LogP contribution < -0.4 is 21.7 Å². The van der Waals surface area contributed by atoms with Crippen LogP contribution in [0.3, 0.4) is 0 Å². The average molecular weight is 962 g/mol. The van der Waals surface area contributed by atoms with Gasteiger partial charge in [-0.25, -0.2) is 4.39 Å². The number of amides is 5. The highest BCUT2D eigenvalue weighted by molar-refractivity contribution is 6.30. The second-order valence-corrected chi connectivity index (χ2v) is 22.1. The molecular formula is C50H57ClF4N8O5. The number of benzene rings is 2. The summed E-state index contributed by atoms with van der Waals surface area (Å²) in [4.78, 5) is 76.5. The first-order valence-corrected chi connectivity index (χ1v) is 24.2. The Hall–Kier alpha value is -5.29. The molecule has 6 fully saturated rings. The van der Waals surface area contributed by atoms with Gasteiger partial charge in [0.25, 0.3) is 5.91 Å². The van der Waals surface area contributed by atoms with Gasteiger partial charge < -0.3 is 26.2 Å². The number of imide groups is 1. The highest BCUT2D eigenvalue weighted by Crippen LogP contribution is 2.65. The van der Waals surface area contributed by atoms with E-state index in [4.69, 9.17) is 17.3 Å². The van der Waals surface area contributed by atoms with E-state index in [0.717, 1.165) is 30.2 Å². The van der Waals surface area contributed by atoms with E-state index in [-0.39, 0.29) is 71.4 Å². The Morgan fingerprint density at radius 2 is 1.74 bits per heavy atom. The van der Waals surface area contributed by atoms with Crippen LogP contribution in [0, 0.1) is 16.6 Å².